The largest absolute Gasteiger partial charge is 0.506 e. The fraction of sp³-hybridized carbons (Fsp3) is 0.538. The number of benzene rings is 2. The van der Waals surface area contributed by atoms with Gasteiger partial charge in [-0.3, -0.25) is 19.6 Å². The normalized spacial score (nSPS) is 25.8. The van der Waals surface area contributed by atoms with E-state index >= 15 is 0 Å². The molecule has 14 N–H and O–H groups in total. The van der Waals surface area contributed by atoms with Gasteiger partial charge in [0.25, 0.3) is 11.8 Å². The number of aromatic hydroxyl groups is 4. The van der Waals surface area contributed by atoms with E-state index in [1.807, 2.05) is 13.8 Å². The molecule has 12 unspecified atom stereocenters. The number of aliphatic imine (C=N–C) groups is 2. The molecule has 24 heteroatoms. The van der Waals surface area contributed by atoms with Crippen LogP contribution in [0.2, 0.25) is 0 Å². The fourth-order valence-electron chi connectivity index (χ4n) is 10.9. The lowest BCUT2D eigenvalue weighted by molar-refractivity contribution is -0.151. The lowest BCUT2D eigenvalue weighted by Crippen LogP contribution is -2.37. The number of aliphatic hydroxyl groups is 2. The predicted molar refractivity (Wildman–Crippen MR) is 343 cm³/mol. The predicted octanol–water partition coefficient (Wildman–Crippen LogP) is 7.45. The first kappa shape index (κ1) is 74.2. The van der Waals surface area contributed by atoms with Crippen LogP contribution in [0.5, 0.6) is 23.0 Å². The van der Waals surface area contributed by atoms with Crippen molar-refractivity contribution in [2.75, 3.05) is 65.3 Å². The number of nitrogens with two attached hydrogens (primary N) is 2. The Bertz CT molecular complexity index is 2960. The monoisotopic (exact) mass is 1240 g/mol. The molecule has 4 bridgehead atoms. The number of primary amides is 1. The van der Waals surface area contributed by atoms with E-state index in [2.05, 4.69) is 36.1 Å². The molecule has 2 aromatic rings. The summed E-state index contributed by atoms with van der Waals surface area (Å²) in [6.07, 6.45) is 11.7. The summed E-state index contributed by atoms with van der Waals surface area (Å²) in [5.74, 6) is -0.145. The Labute approximate surface area is 522 Å². The zero-order valence-electron chi connectivity index (χ0n) is 53.4. The molecule has 2 aromatic carbocycles. The van der Waals surface area contributed by atoms with Crippen molar-refractivity contribution >= 4 is 59.1 Å². The van der Waals surface area contributed by atoms with Gasteiger partial charge in [-0.25, -0.2) is 9.59 Å². The van der Waals surface area contributed by atoms with E-state index in [0.29, 0.717) is 63.0 Å². The van der Waals surface area contributed by atoms with E-state index in [1.165, 1.54) is 52.7 Å². The summed E-state index contributed by atoms with van der Waals surface area (Å²) in [7, 11) is 5.82. The quantitative estimate of drug-likeness (QED) is 0.0172. The minimum atomic E-state index is -1.03. The number of allylic oxidation sites excluding steroid dienone is 4. The van der Waals surface area contributed by atoms with Crippen LogP contribution in [0.3, 0.4) is 0 Å². The number of hydrogen-bond acceptors (Lipinski definition) is 21. The summed E-state index contributed by atoms with van der Waals surface area (Å²) < 4.78 is 28.3. The summed E-state index contributed by atoms with van der Waals surface area (Å²) in [5, 5.41) is 81.5. The van der Waals surface area contributed by atoms with Crippen LogP contribution in [0, 0.1) is 29.6 Å². The van der Waals surface area contributed by atoms with Gasteiger partial charge in [-0.05, 0) is 103 Å². The molecule has 0 saturated carbocycles. The van der Waals surface area contributed by atoms with E-state index in [4.69, 9.17) is 35.3 Å². The molecule has 0 aliphatic carbocycles. The first-order valence-electron chi connectivity index (χ1n) is 30.0. The maximum absolute atomic E-state index is 13.4. The maximum Gasteiger partial charge on any atom is 0.405 e. The van der Waals surface area contributed by atoms with E-state index in [9.17, 15) is 49.8 Å². The Hall–Kier alpha value is -7.26. The van der Waals surface area contributed by atoms with Crippen molar-refractivity contribution in [1.82, 2.24) is 10.6 Å². The number of anilines is 2. The van der Waals surface area contributed by atoms with Gasteiger partial charge in [-0.2, -0.15) is 5.90 Å². The number of rotatable bonds is 18. The van der Waals surface area contributed by atoms with Gasteiger partial charge in [0.2, 0.25) is 0 Å². The van der Waals surface area contributed by atoms with Crippen LogP contribution < -0.4 is 32.9 Å². The highest BCUT2D eigenvalue weighted by Crippen LogP contribution is 2.46. The van der Waals surface area contributed by atoms with Crippen LogP contribution in [0.25, 0.3) is 0 Å². The summed E-state index contributed by atoms with van der Waals surface area (Å²) in [5.41, 5.74) is 7.78. The second-order valence-corrected chi connectivity index (χ2v) is 23.0. The summed E-state index contributed by atoms with van der Waals surface area (Å²) in [6, 6.07) is 2.48. The second-order valence-electron chi connectivity index (χ2n) is 23.0. The molecule has 4 rings (SSSR count). The maximum atomic E-state index is 13.4. The summed E-state index contributed by atoms with van der Waals surface area (Å²) in [6.45, 7) is 16.4. The lowest BCUT2D eigenvalue weighted by Gasteiger charge is -2.29. The molecule has 0 radical (unpaired) electrons. The van der Waals surface area contributed by atoms with Gasteiger partial charge in [0.1, 0.15) is 46.4 Å². The van der Waals surface area contributed by atoms with Crippen LogP contribution >= 0.6 is 0 Å². The zero-order valence-corrected chi connectivity index (χ0v) is 53.4. The number of carbonyl (C=O) groups is 4. The van der Waals surface area contributed by atoms with Crippen LogP contribution in [0.1, 0.15) is 98.6 Å². The Morgan fingerprint density at radius 3 is 1.48 bits per heavy atom. The number of methoxy groups -OCH3 is 4. The topological polar surface area (TPSA) is 370 Å². The average molecular weight is 1250 g/mol. The van der Waals surface area contributed by atoms with Crippen LogP contribution in [-0.2, 0) is 55.7 Å². The third-order valence-corrected chi connectivity index (χ3v) is 15.9. The highest BCUT2D eigenvalue weighted by atomic mass is 16.7. The van der Waals surface area contributed by atoms with Gasteiger partial charge in [0.05, 0.1) is 41.9 Å². The third-order valence-electron chi connectivity index (χ3n) is 15.9. The number of hydrogen-bond donors (Lipinski definition) is 12. The number of nitrogens with zero attached hydrogens (tertiary/aromatic N) is 2. The molecule has 0 aromatic heterocycles. The Kier molecular flexibility index (Phi) is 30.9. The van der Waals surface area contributed by atoms with Crippen molar-refractivity contribution in [3.8, 4) is 23.0 Å². The molecule has 2 aliphatic heterocycles. The molecule has 0 spiro atoms. The zero-order chi connectivity index (χ0) is 66.1. The van der Waals surface area contributed by atoms with Gasteiger partial charge < -0.3 is 86.2 Å². The van der Waals surface area contributed by atoms with Crippen LogP contribution in [0.4, 0.5) is 27.5 Å². The molecule has 2 aliphatic rings. The molecular weight excluding hydrogens is 1150 g/mol. The molecular formula is C65H96N8O16. The van der Waals surface area contributed by atoms with Crippen molar-refractivity contribution < 1.29 is 78.3 Å². The number of fused-ring (bicyclic) bond motifs is 4. The van der Waals surface area contributed by atoms with Crippen molar-refractivity contribution in [2.45, 2.75) is 143 Å². The van der Waals surface area contributed by atoms with Crippen molar-refractivity contribution in [2.24, 2.45) is 51.2 Å². The van der Waals surface area contributed by atoms with Gasteiger partial charge >= 0.3 is 12.1 Å². The lowest BCUT2D eigenvalue weighted by atomic mass is 9.86. The van der Waals surface area contributed by atoms with Crippen molar-refractivity contribution in [3.63, 3.8) is 0 Å². The van der Waals surface area contributed by atoms with E-state index in [-0.39, 0.29) is 92.7 Å². The van der Waals surface area contributed by atoms with Crippen molar-refractivity contribution in [1.29, 1.82) is 0 Å². The second kappa shape index (κ2) is 37.0. The Morgan fingerprint density at radius 1 is 0.652 bits per heavy atom. The molecule has 3 amide bonds. The molecule has 89 heavy (non-hydrogen) atoms. The highest BCUT2D eigenvalue weighted by molar-refractivity contribution is 6.05. The smallest absolute Gasteiger partial charge is 0.405 e. The molecule has 2 heterocycles. The van der Waals surface area contributed by atoms with Gasteiger partial charge in [0, 0.05) is 100 Å². The number of phenols is 4. The van der Waals surface area contributed by atoms with Gasteiger partial charge in [-0.15, -0.1) is 0 Å². The minimum absolute atomic E-state index is 0.0300. The van der Waals surface area contributed by atoms with Gasteiger partial charge in [0.15, 0.2) is 6.10 Å². The minimum Gasteiger partial charge on any atom is -0.506 e. The number of nitrogens with one attached hydrogen (secondary N) is 4. The number of amides is 3. The van der Waals surface area contributed by atoms with Crippen LogP contribution in [-0.4, -0.2) is 164 Å². The average Bonchev–Trinajstić information content (AvgIpc) is 2.19. The van der Waals surface area contributed by atoms with Crippen LogP contribution in [0.15, 0.2) is 93.0 Å². The SMILES string of the molecule is COC1C=CC=C(C)C(=O)Nc2cc(O)c(N=CCCNCCCNCCC=Nc3c(O)cc4c(O)c3CC(C)CC(OC)C(O)C(C)C=C(C)C(C(=O)ON)C(OC)C=CC=C(C)C(=O)N4)c(c2O)CC(C)CC(OC)C(O)C(C)C=C(C)C1OC(N)=O. The number of phenolic OH excluding ortho intramolecular Hbond substituents is 4. The highest BCUT2D eigenvalue weighted by Gasteiger charge is 2.34. The first-order valence-corrected chi connectivity index (χ1v) is 30.0. The number of ether oxygens (including phenoxy) is 5. The van der Waals surface area contributed by atoms with E-state index < -0.39 is 84.4 Å². The van der Waals surface area contributed by atoms with E-state index in [0.717, 1.165) is 6.42 Å². The van der Waals surface area contributed by atoms with Crippen molar-refractivity contribution in [3.05, 3.63) is 94.2 Å². The Balaban J connectivity index is 1.43. The van der Waals surface area contributed by atoms with Gasteiger partial charge in [-0.1, -0.05) is 81.9 Å². The summed E-state index contributed by atoms with van der Waals surface area (Å²) in [4.78, 5) is 65.7. The third kappa shape index (κ3) is 22.0. The summed E-state index contributed by atoms with van der Waals surface area (Å²) >= 11 is 0. The molecule has 24 nitrogen and oxygen atoms in total. The van der Waals surface area contributed by atoms with E-state index in [1.54, 1.807) is 90.4 Å². The molecule has 12 atom stereocenters. The molecule has 0 saturated heterocycles. The Morgan fingerprint density at radius 2 is 1.08 bits per heavy atom. The standard InChI is InChI=1S/C65H96N8O16/c1-36-28-44-55(48(74)34-46(59(44)78)72-62(80)38(3)18-13-20-50(84-9)54(64(82)89-67)40(5)32-41(6)57(76)52(30-36)86-11)70-26-16-24-68-22-15-23-69-25-17-27-71-56-45-29-37(2)31-53(87-12)58(77)42(7)33-43(8)61(88-65(66)83)51(85-10)21-14-19-39(4)63(81)73-47(60(45)79)35-49(56)75/h13-14,18-21,26-27,32-37,41-42,50-54,57-58,61,68-69,74-79H,15-17,22-25,28-31,67H2,1-12H3,(H2,66,83)(H,72,80)(H,73,81). The molecule has 492 valence electrons. The number of carbonyl (C=O) groups excluding carboxylic acids is 4. The first-order chi connectivity index (χ1) is 42.3. The number of aliphatic hydroxyl groups excluding tert-OH is 2. The fourth-order valence-corrected chi connectivity index (χ4v) is 10.9. The molecule has 0 fully saturated rings.